The molecule has 0 unspecified atom stereocenters. The summed E-state index contributed by atoms with van der Waals surface area (Å²) in [6, 6.07) is -0.725. The van der Waals surface area contributed by atoms with E-state index in [0.717, 1.165) is 0 Å². The molecule has 0 fully saturated rings. The van der Waals surface area contributed by atoms with Crippen molar-refractivity contribution < 1.29 is 9.59 Å². The second-order valence-electron chi connectivity index (χ2n) is 4.80. The third-order valence-corrected chi connectivity index (χ3v) is 2.81. The highest BCUT2D eigenvalue weighted by molar-refractivity contribution is 5.86. The minimum Gasteiger partial charge on any atom is -0.370 e. The van der Waals surface area contributed by atoms with Gasteiger partial charge in [-0.15, -0.1) is 0 Å². The molecule has 0 aliphatic rings. The van der Waals surface area contributed by atoms with Gasteiger partial charge in [-0.05, 0) is 25.7 Å². The maximum Gasteiger partial charge on any atom is 0.240 e. The van der Waals surface area contributed by atoms with Crippen molar-refractivity contribution in [2.45, 2.75) is 38.1 Å². The number of unbranched alkanes of at least 4 members (excludes halogenated alkanes) is 1. The molecule has 0 spiro atoms. The fraction of sp³-hybridized carbons (Fsp3) is 0.667. The van der Waals surface area contributed by atoms with Gasteiger partial charge in [0.05, 0.1) is 0 Å². The molecule has 2 amide bonds. The molecule has 0 aliphatic heterocycles. The van der Waals surface area contributed by atoms with Gasteiger partial charge in [0, 0.05) is 19.5 Å². The van der Waals surface area contributed by atoms with E-state index in [9.17, 15) is 9.59 Å². The first kappa shape index (κ1) is 19.5. The van der Waals surface area contributed by atoms with Crippen molar-refractivity contribution in [2.24, 2.45) is 17.2 Å². The van der Waals surface area contributed by atoms with Crippen molar-refractivity contribution >= 4 is 23.7 Å². The van der Waals surface area contributed by atoms with Crippen LogP contribution in [0, 0.1) is 10.8 Å². The third kappa shape index (κ3) is 11.3. The van der Waals surface area contributed by atoms with E-state index in [1.165, 1.54) is 0 Å². The number of carbonyl (C=O) groups is 2. The normalized spacial score (nSPS) is 11.3. The zero-order chi connectivity index (χ0) is 17.0. The van der Waals surface area contributed by atoms with Crippen LogP contribution in [0.1, 0.15) is 32.1 Å². The summed E-state index contributed by atoms with van der Waals surface area (Å²) in [6.45, 7) is 0.963. The van der Waals surface area contributed by atoms with E-state index in [1.54, 1.807) is 0 Å². The molecular weight excluding hydrogens is 288 g/mol. The van der Waals surface area contributed by atoms with E-state index in [2.05, 4.69) is 16.0 Å². The molecule has 1 atom stereocenters. The van der Waals surface area contributed by atoms with Crippen LogP contribution in [0.4, 0.5) is 0 Å². The average Bonchev–Trinajstić information content (AvgIpc) is 2.40. The zero-order valence-corrected chi connectivity index (χ0v) is 12.6. The van der Waals surface area contributed by atoms with Gasteiger partial charge in [-0.25, -0.2) is 0 Å². The van der Waals surface area contributed by atoms with Gasteiger partial charge < -0.3 is 33.2 Å². The van der Waals surface area contributed by atoms with E-state index < -0.39 is 11.9 Å². The van der Waals surface area contributed by atoms with E-state index in [4.69, 9.17) is 28.0 Å². The predicted octanol–water partition coefficient (Wildman–Crippen LogP) is -2.13. The summed E-state index contributed by atoms with van der Waals surface area (Å²) in [5, 5.41) is 21.8. The number of guanidine groups is 2. The number of nitrogens with one attached hydrogen (secondary N) is 5. The first-order valence-electron chi connectivity index (χ1n) is 7.07. The number of rotatable bonds is 11. The van der Waals surface area contributed by atoms with Crippen LogP contribution in [0.3, 0.4) is 0 Å². The lowest BCUT2D eigenvalue weighted by atomic mass is 10.1. The summed E-state index contributed by atoms with van der Waals surface area (Å²) in [5.41, 5.74) is 15.5. The van der Waals surface area contributed by atoms with Crippen LogP contribution in [-0.2, 0) is 9.59 Å². The van der Waals surface area contributed by atoms with Crippen LogP contribution in [0.5, 0.6) is 0 Å². The SMILES string of the molecule is N=C(N)NCCCCC(=O)N[C@@H](CCCNC(=N)N)C(N)=O. The Labute approximate surface area is 129 Å². The first-order valence-corrected chi connectivity index (χ1v) is 7.07. The summed E-state index contributed by atoms with van der Waals surface area (Å²) in [6.07, 6.45) is 2.51. The Morgan fingerprint density at radius 1 is 0.909 bits per heavy atom. The Bertz CT molecular complexity index is 399. The summed E-state index contributed by atoms with van der Waals surface area (Å²) >= 11 is 0. The standard InChI is InChI=1S/C12H26N8O2/c13-10(22)8(4-3-7-19-12(16)17)20-9(21)5-1-2-6-18-11(14)15/h8H,1-7H2,(H2,13,22)(H,20,21)(H4,14,15,18)(H4,16,17,19)/t8-/m0/s1. The summed E-state index contributed by atoms with van der Waals surface area (Å²) < 4.78 is 0. The van der Waals surface area contributed by atoms with Gasteiger partial charge in [-0.3, -0.25) is 20.4 Å². The lowest BCUT2D eigenvalue weighted by Gasteiger charge is -2.15. The highest BCUT2D eigenvalue weighted by Crippen LogP contribution is 1.99. The topological polar surface area (TPSA) is 196 Å². The van der Waals surface area contributed by atoms with Crippen molar-refractivity contribution in [3.63, 3.8) is 0 Å². The van der Waals surface area contributed by atoms with Crippen molar-refractivity contribution in [2.75, 3.05) is 13.1 Å². The third-order valence-electron chi connectivity index (χ3n) is 2.81. The number of hydrogen-bond donors (Lipinski definition) is 8. The van der Waals surface area contributed by atoms with Crippen LogP contribution < -0.4 is 33.2 Å². The molecule has 0 aromatic rings. The summed E-state index contributed by atoms with van der Waals surface area (Å²) in [7, 11) is 0. The molecule has 10 heteroatoms. The number of carbonyl (C=O) groups excluding carboxylic acids is 2. The Morgan fingerprint density at radius 2 is 1.45 bits per heavy atom. The quantitative estimate of drug-likeness (QED) is 0.122. The molecule has 0 radical (unpaired) electrons. The van der Waals surface area contributed by atoms with E-state index in [1.807, 2.05) is 0 Å². The maximum absolute atomic E-state index is 11.7. The van der Waals surface area contributed by atoms with Crippen molar-refractivity contribution in [3.05, 3.63) is 0 Å². The van der Waals surface area contributed by atoms with Gasteiger partial charge in [-0.2, -0.15) is 0 Å². The Morgan fingerprint density at radius 3 is 1.95 bits per heavy atom. The molecule has 0 rings (SSSR count). The second kappa shape index (κ2) is 11.2. The van der Waals surface area contributed by atoms with Gasteiger partial charge in [0.25, 0.3) is 0 Å². The molecule has 126 valence electrons. The number of amides is 2. The summed E-state index contributed by atoms with van der Waals surface area (Å²) in [5.74, 6) is -1.07. The fourth-order valence-electron chi connectivity index (χ4n) is 1.71. The molecule has 0 aromatic carbocycles. The molecule has 10 nitrogen and oxygen atoms in total. The Hall–Kier alpha value is -2.52. The fourth-order valence-corrected chi connectivity index (χ4v) is 1.71. The van der Waals surface area contributed by atoms with Gasteiger partial charge in [0.2, 0.25) is 11.8 Å². The number of hydrogen-bond acceptors (Lipinski definition) is 4. The van der Waals surface area contributed by atoms with Gasteiger partial charge in [-0.1, -0.05) is 0 Å². The Kier molecular flexibility index (Phi) is 9.89. The largest absolute Gasteiger partial charge is 0.370 e. The van der Waals surface area contributed by atoms with Crippen LogP contribution in [0.15, 0.2) is 0 Å². The molecule has 0 saturated heterocycles. The predicted molar refractivity (Wildman–Crippen MR) is 84.0 cm³/mol. The van der Waals surface area contributed by atoms with Crippen LogP contribution >= 0.6 is 0 Å². The first-order chi connectivity index (χ1) is 10.3. The monoisotopic (exact) mass is 314 g/mol. The van der Waals surface area contributed by atoms with Crippen molar-refractivity contribution in [3.8, 4) is 0 Å². The zero-order valence-electron chi connectivity index (χ0n) is 12.6. The van der Waals surface area contributed by atoms with Crippen molar-refractivity contribution in [1.82, 2.24) is 16.0 Å². The average molecular weight is 314 g/mol. The van der Waals surface area contributed by atoms with E-state index in [0.29, 0.717) is 38.8 Å². The van der Waals surface area contributed by atoms with E-state index in [-0.39, 0.29) is 24.2 Å². The minimum atomic E-state index is -0.725. The Balaban J connectivity index is 3.90. The second-order valence-corrected chi connectivity index (χ2v) is 4.80. The van der Waals surface area contributed by atoms with Crippen LogP contribution in [-0.4, -0.2) is 42.9 Å². The van der Waals surface area contributed by atoms with Crippen LogP contribution in [0.25, 0.3) is 0 Å². The molecule has 0 aliphatic carbocycles. The lowest BCUT2D eigenvalue weighted by molar-refractivity contribution is -0.127. The van der Waals surface area contributed by atoms with Gasteiger partial charge in [0.1, 0.15) is 6.04 Å². The van der Waals surface area contributed by atoms with Gasteiger partial charge >= 0.3 is 0 Å². The summed E-state index contributed by atoms with van der Waals surface area (Å²) in [4.78, 5) is 23.0. The molecule has 0 bridgehead atoms. The molecule has 11 N–H and O–H groups in total. The van der Waals surface area contributed by atoms with Gasteiger partial charge in [0.15, 0.2) is 11.9 Å². The molecular formula is C12H26N8O2. The molecule has 0 aromatic heterocycles. The molecule has 22 heavy (non-hydrogen) atoms. The molecule has 0 saturated carbocycles. The number of nitrogens with two attached hydrogens (primary N) is 3. The smallest absolute Gasteiger partial charge is 0.240 e. The number of primary amides is 1. The minimum absolute atomic E-state index is 0.0996. The van der Waals surface area contributed by atoms with Crippen molar-refractivity contribution in [1.29, 1.82) is 10.8 Å². The lowest BCUT2D eigenvalue weighted by Crippen LogP contribution is -2.45. The molecule has 0 heterocycles. The van der Waals surface area contributed by atoms with Crippen LogP contribution in [0.2, 0.25) is 0 Å². The highest BCUT2D eigenvalue weighted by atomic mass is 16.2. The van der Waals surface area contributed by atoms with E-state index >= 15 is 0 Å². The maximum atomic E-state index is 11.7. The highest BCUT2D eigenvalue weighted by Gasteiger charge is 2.17.